The molecule has 4 aromatic rings. The van der Waals surface area contributed by atoms with Gasteiger partial charge in [-0.1, -0.05) is 24.3 Å². The molecule has 0 aliphatic heterocycles. The van der Waals surface area contributed by atoms with Crippen LogP contribution in [-0.4, -0.2) is 4.57 Å². The van der Waals surface area contributed by atoms with Crippen LogP contribution in [0.25, 0.3) is 33.2 Å². The average molecular weight is 470 g/mol. The van der Waals surface area contributed by atoms with E-state index >= 15 is 4.39 Å². The number of halogens is 3. The van der Waals surface area contributed by atoms with Gasteiger partial charge in [0.25, 0.3) is 0 Å². The topological polar surface area (TPSA) is 28.7 Å². The standard InChI is InChI=1S/C22H13F2IN2/c1-27-12-20(25)18-9-17(19(24)10-21(18)27)16-7-3-5-14(11-26)22(16)13-4-2-6-15(23)8-13/h2-10,12H,1H3. The van der Waals surface area contributed by atoms with Crippen molar-refractivity contribution in [2.75, 3.05) is 0 Å². The zero-order valence-electron chi connectivity index (χ0n) is 14.3. The molecule has 2 nitrogen and oxygen atoms in total. The molecule has 27 heavy (non-hydrogen) atoms. The second kappa shape index (κ2) is 6.78. The number of hydrogen-bond acceptors (Lipinski definition) is 1. The molecule has 0 aliphatic carbocycles. The lowest BCUT2D eigenvalue weighted by atomic mass is 9.90. The fraction of sp³-hybridized carbons (Fsp3) is 0.0455. The Kier molecular flexibility index (Phi) is 4.44. The molecule has 0 atom stereocenters. The maximum atomic E-state index is 15.0. The summed E-state index contributed by atoms with van der Waals surface area (Å²) in [5.74, 6) is -0.785. The van der Waals surface area contributed by atoms with Gasteiger partial charge in [0.15, 0.2) is 0 Å². The fourth-order valence-corrected chi connectivity index (χ4v) is 4.24. The van der Waals surface area contributed by atoms with Gasteiger partial charge in [0.05, 0.1) is 17.1 Å². The minimum absolute atomic E-state index is 0.375. The maximum absolute atomic E-state index is 15.0. The van der Waals surface area contributed by atoms with Crippen LogP contribution in [0.4, 0.5) is 8.78 Å². The third kappa shape index (κ3) is 3.00. The van der Waals surface area contributed by atoms with Gasteiger partial charge in [0, 0.05) is 33.3 Å². The number of benzene rings is 3. The molecule has 0 radical (unpaired) electrons. The first-order valence-electron chi connectivity index (χ1n) is 8.23. The van der Waals surface area contributed by atoms with Crippen LogP contribution in [-0.2, 0) is 7.05 Å². The first kappa shape index (κ1) is 17.7. The average Bonchev–Trinajstić information content (AvgIpc) is 2.93. The van der Waals surface area contributed by atoms with E-state index < -0.39 is 5.82 Å². The molecule has 0 aliphatic rings. The minimum Gasteiger partial charge on any atom is -0.349 e. The molecule has 0 saturated heterocycles. The van der Waals surface area contributed by atoms with Crippen molar-refractivity contribution in [2.45, 2.75) is 0 Å². The van der Waals surface area contributed by atoms with Crippen molar-refractivity contribution in [1.29, 1.82) is 5.26 Å². The monoisotopic (exact) mass is 470 g/mol. The van der Waals surface area contributed by atoms with Gasteiger partial charge in [-0.15, -0.1) is 0 Å². The van der Waals surface area contributed by atoms with Gasteiger partial charge < -0.3 is 4.57 Å². The second-order valence-electron chi connectivity index (χ2n) is 6.29. The molecule has 0 amide bonds. The largest absolute Gasteiger partial charge is 0.349 e. The minimum atomic E-state index is -0.403. The summed E-state index contributed by atoms with van der Waals surface area (Å²) < 4.78 is 31.7. The molecule has 0 fully saturated rings. The third-order valence-corrected chi connectivity index (χ3v) is 5.48. The quantitative estimate of drug-likeness (QED) is 0.318. The number of aromatic nitrogens is 1. The highest BCUT2D eigenvalue weighted by Gasteiger charge is 2.18. The van der Waals surface area contributed by atoms with Crippen molar-refractivity contribution >= 4 is 33.5 Å². The van der Waals surface area contributed by atoms with Crippen LogP contribution in [0.5, 0.6) is 0 Å². The molecule has 0 bridgehead atoms. The van der Waals surface area contributed by atoms with Crippen LogP contribution in [0.3, 0.4) is 0 Å². The van der Waals surface area contributed by atoms with Crippen LogP contribution in [0.2, 0.25) is 0 Å². The summed E-state index contributed by atoms with van der Waals surface area (Å²) in [6, 6.07) is 16.6. The normalized spacial score (nSPS) is 10.9. The van der Waals surface area contributed by atoms with Gasteiger partial charge >= 0.3 is 0 Å². The van der Waals surface area contributed by atoms with Crippen LogP contribution in [0.1, 0.15) is 5.56 Å². The lowest BCUT2D eigenvalue weighted by molar-refractivity contribution is 0.628. The van der Waals surface area contributed by atoms with Gasteiger partial charge in [-0.25, -0.2) is 8.78 Å². The molecule has 0 spiro atoms. The highest BCUT2D eigenvalue weighted by molar-refractivity contribution is 14.1. The van der Waals surface area contributed by atoms with E-state index in [0.717, 1.165) is 14.5 Å². The van der Waals surface area contributed by atoms with Crippen LogP contribution in [0, 0.1) is 26.5 Å². The molecular formula is C22H13F2IN2. The SMILES string of the molecule is Cn1cc(I)c2cc(-c3cccc(C#N)c3-c3cccc(F)c3)c(F)cc21. The zero-order chi connectivity index (χ0) is 19.1. The molecule has 0 N–H and O–H groups in total. The number of rotatable bonds is 2. The Morgan fingerprint density at radius 2 is 1.78 bits per heavy atom. The predicted octanol–water partition coefficient (Wildman–Crippen LogP) is 6.27. The summed E-state index contributed by atoms with van der Waals surface area (Å²) in [4.78, 5) is 0. The van der Waals surface area contributed by atoms with E-state index in [1.54, 1.807) is 36.4 Å². The Hall–Kier alpha value is -2.72. The number of hydrogen-bond donors (Lipinski definition) is 0. The Balaban J connectivity index is 2.06. The molecule has 4 rings (SSSR count). The van der Waals surface area contributed by atoms with Crippen molar-refractivity contribution in [3.05, 3.63) is 81.6 Å². The molecule has 1 aromatic heterocycles. The van der Waals surface area contributed by atoms with E-state index in [-0.39, 0.29) is 5.82 Å². The smallest absolute Gasteiger partial charge is 0.133 e. The summed E-state index contributed by atoms with van der Waals surface area (Å²) >= 11 is 2.22. The molecule has 3 aromatic carbocycles. The van der Waals surface area contributed by atoms with Crippen LogP contribution >= 0.6 is 22.6 Å². The Morgan fingerprint density at radius 3 is 2.52 bits per heavy atom. The van der Waals surface area contributed by atoms with E-state index in [1.165, 1.54) is 18.2 Å². The lowest BCUT2D eigenvalue weighted by Gasteiger charge is -2.13. The van der Waals surface area contributed by atoms with Crippen molar-refractivity contribution < 1.29 is 8.78 Å². The van der Waals surface area contributed by atoms with E-state index in [4.69, 9.17) is 0 Å². The number of aryl methyl sites for hydroxylation is 1. The fourth-order valence-electron chi connectivity index (χ4n) is 3.39. The second-order valence-corrected chi connectivity index (χ2v) is 7.45. The highest BCUT2D eigenvalue weighted by Crippen LogP contribution is 2.38. The molecule has 1 heterocycles. The predicted molar refractivity (Wildman–Crippen MR) is 111 cm³/mol. The highest BCUT2D eigenvalue weighted by atomic mass is 127. The maximum Gasteiger partial charge on any atom is 0.133 e. The van der Waals surface area contributed by atoms with Crippen LogP contribution in [0.15, 0.2) is 60.8 Å². The molecule has 132 valence electrons. The summed E-state index contributed by atoms with van der Waals surface area (Å²) in [6.07, 6.45) is 1.94. The number of fused-ring (bicyclic) bond motifs is 1. The van der Waals surface area contributed by atoms with E-state index in [2.05, 4.69) is 28.7 Å². The van der Waals surface area contributed by atoms with E-state index in [0.29, 0.717) is 27.8 Å². The van der Waals surface area contributed by atoms with Gasteiger partial charge in [0.1, 0.15) is 11.6 Å². The van der Waals surface area contributed by atoms with Gasteiger partial charge in [-0.3, -0.25) is 0 Å². The lowest BCUT2D eigenvalue weighted by Crippen LogP contribution is -1.94. The molecular weight excluding hydrogens is 457 g/mol. The molecule has 0 unspecified atom stereocenters. The summed E-state index contributed by atoms with van der Waals surface area (Å²) in [5, 5.41) is 10.5. The van der Waals surface area contributed by atoms with E-state index in [9.17, 15) is 9.65 Å². The number of nitriles is 1. The molecule has 0 saturated carbocycles. The first-order valence-corrected chi connectivity index (χ1v) is 9.31. The first-order chi connectivity index (χ1) is 13.0. The Morgan fingerprint density at radius 1 is 1.00 bits per heavy atom. The molecule has 5 heteroatoms. The van der Waals surface area contributed by atoms with Crippen molar-refractivity contribution in [3.8, 4) is 28.3 Å². The number of nitrogens with zero attached hydrogens (tertiary/aromatic N) is 2. The van der Waals surface area contributed by atoms with Gasteiger partial charge in [-0.2, -0.15) is 5.26 Å². The van der Waals surface area contributed by atoms with E-state index in [1.807, 2.05) is 17.8 Å². The summed E-state index contributed by atoms with van der Waals surface area (Å²) in [5.41, 5.74) is 3.21. The van der Waals surface area contributed by atoms with Gasteiger partial charge in [-0.05, 0) is 64.0 Å². The summed E-state index contributed by atoms with van der Waals surface area (Å²) in [6.45, 7) is 0. The van der Waals surface area contributed by atoms with Gasteiger partial charge in [0.2, 0.25) is 0 Å². The van der Waals surface area contributed by atoms with Crippen molar-refractivity contribution in [1.82, 2.24) is 4.57 Å². The zero-order valence-corrected chi connectivity index (χ0v) is 16.5. The Bertz CT molecular complexity index is 1240. The summed E-state index contributed by atoms with van der Waals surface area (Å²) in [7, 11) is 1.87. The van der Waals surface area contributed by atoms with Crippen molar-refractivity contribution in [3.63, 3.8) is 0 Å². The third-order valence-electron chi connectivity index (χ3n) is 4.62. The van der Waals surface area contributed by atoms with Crippen molar-refractivity contribution in [2.24, 2.45) is 7.05 Å². The van der Waals surface area contributed by atoms with Crippen LogP contribution < -0.4 is 0 Å². The Labute approximate surface area is 168 Å².